The largest absolute Gasteiger partial charge is 0.456 e. The lowest BCUT2D eigenvalue weighted by atomic mass is 10.1. The first kappa shape index (κ1) is 14.7. The van der Waals surface area contributed by atoms with E-state index in [-0.39, 0.29) is 5.95 Å². The molecule has 0 bridgehead atoms. The van der Waals surface area contributed by atoms with Gasteiger partial charge in [-0.1, -0.05) is 30.3 Å². The molecule has 24 heavy (non-hydrogen) atoms. The normalized spacial score (nSPS) is 11.0. The van der Waals surface area contributed by atoms with Crippen LogP contribution in [0, 0.1) is 0 Å². The Bertz CT molecular complexity index is 1080. The molecule has 0 aliphatic carbocycles. The predicted octanol–water partition coefficient (Wildman–Crippen LogP) is 4.50. The van der Waals surface area contributed by atoms with E-state index in [9.17, 15) is 0 Å². The third-order valence-electron chi connectivity index (χ3n) is 3.77. The van der Waals surface area contributed by atoms with Crippen molar-refractivity contribution in [3.05, 3.63) is 59.1 Å². The molecular formula is C18H13BrN4O. The summed E-state index contributed by atoms with van der Waals surface area (Å²) >= 11 is 3.62. The molecule has 0 unspecified atom stereocenters. The average molecular weight is 381 g/mol. The predicted molar refractivity (Wildman–Crippen MR) is 100 cm³/mol. The van der Waals surface area contributed by atoms with Crippen molar-refractivity contribution in [3.63, 3.8) is 0 Å². The van der Waals surface area contributed by atoms with Gasteiger partial charge in [-0.2, -0.15) is 4.98 Å². The fraction of sp³-hybridized carbons (Fsp3) is 0. The molecule has 0 spiro atoms. The van der Waals surface area contributed by atoms with Gasteiger partial charge in [-0.05, 0) is 51.0 Å². The lowest BCUT2D eigenvalue weighted by Gasteiger charge is -2.11. The van der Waals surface area contributed by atoms with Crippen LogP contribution in [0.3, 0.4) is 0 Å². The van der Waals surface area contributed by atoms with Gasteiger partial charge in [0.15, 0.2) is 0 Å². The molecule has 5 nitrogen and oxygen atoms in total. The summed E-state index contributed by atoms with van der Waals surface area (Å²) in [5.41, 5.74) is 12.2. The number of hydrogen-bond acceptors (Lipinski definition) is 5. The van der Waals surface area contributed by atoms with Gasteiger partial charge in [0.05, 0.1) is 9.99 Å². The van der Waals surface area contributed by atoms with Crippen LogP contribution in [0.1, 0.15) is 0 Å². The number of nitrogen functional groups attached to an aromatic ring is 2. The first-order valence-corrected chi connectivity index (χ1v) is 8.09. The van der Waals surface area contributed by atoms with Crippen molar-refractivity contribution >= 4 is 49.4 Å². The Labute approximate surface area is 146 Å². The molecule has 4 rings (SSSR count). The lowest BCUT2D eigenvalue weighted by molar-refractivity contribution is 0.481. The van der Waals surface area contributed by atoms with Crippen molar-refractivity contribution in [1.82, 2.24) is 9.97 Å². The molecule has 118 valence electrons. The number of aromatic nitrogens is 2. The molecule has 1 heterocycles. The third-order valence-corrected chi connectivity index (χ3v) is 4.59. The molecule has 1 aromatic heterocycles. The maximum Gasteiger partial charge on any atom is 0.222 e. The standard InChI is InChI=1S/C18H13BrN4O/c19-16-12-4-2-1-3-10(12)5-8-15(16)24-11-6-7-14-13(9-11)17(20)23-18(21)22-14/h1-9H,(H4,20,21,22,23). The Kier molecular flexibility index (Phi) is 3.46. The quantitative estimate of drug-likeness (QED) is 0.534. The SMILES string of the molecule is Nc1nc(N)c2cc(Oc3ccc4ccccc4c3Br)ccc2n1. The molecule has 4 aromatic rings. The summed E-state index contributed by atoms with van der Waals surface area (Å²) in [7, 11) is 0. The highest BCUT2D eigenvalue weighted by Crippen LogP contribution is 2.36. The van der Waals surface area contributed by atoms with Gasteiger partial charge in [0.2, 0.25) is 5.95 Å². The minimum absolute atomic E-state index is 0.158. The summed E-state index contributed by atoms with van der Waals surface area (Å²) < 4.78 is 6.93. The fourth-order valence-corrected chi connectivity index (χ4v) is 3.21. The van der Waals surface area contributed by atoms with Gasteiger partial charge < -0.3 is 16.2 Å². The van der Waals surface area contributed by atoms with E-state index in [1.807, 2.05) is 48.5 Å². The van der Waals surface area contributed by atoms with E-state index in [2.05, 4.69) is 32.0 Å². The Morgan fingerprint density at radius 1 is 0.875 bits per heavy atom. The monoisotopic (exact) mass is 380 g/mol. The highest BCUT2D eigenvalue weighted by molar-refractivity contribution is 9.10. The zero-order valence-corrected chi connectivity index (χ0v) is 14.1. The summed E-state index contributed by atoms with van der Waals surface area (Å²) in [6.45, 7) is 0. The first-order chi connectivity index (χ1) is 11.6. The maximum atomic E-state index is 6.02. The van der Waals surface area contributed by atoms with Crippen LogP contribution in [0.15, 0.2) is 59.1 Å². The highest BCUT2D eigenvalue weighted by Gasteiger charge is 2.09. The minimum Gasteiger partial charge on any atom is -0.456 e. The van der Waals surface area contributed by atoms with E-state index < -0.39 is 0 Å². The molecule has 0 aliphatic rings. The Morgan fingerprint density at radius 3 is 2.58 bits per heavy atom. The second-order valence-corrected chi connectivity index (χ2v) is 6.14. The summed E-state index contributed by atoms with van der Waals surface area (Å²) in [5, 5.41) is 2.94. The smallest absolute Gasteiger partial charge is 0.222 e. The number of ether oxygens (including phenoxy) is 1. The molecule has 0 saturated heterocycles. The van der Waals surface area contributed by atoms with Crippen LogP contribution in [0.2, 0.25) is 0 Å². The van der Waals surface area contributed by atoms with E-state index in [1.54, 1.807) is 0 Å². The molecule has 0 amide bonds. The number of benzene rings is 3. The number of nitrogens with zero attached hydrogens (tertiary/aromatic N) is 2. The Hall–Kier alpha value is -2.86. The molecule has 0 saturated carbocycles. The summed E-state index contributed by atoms with van der Waals surface area (Å²) in [6.07, 6.45) is 0. The molecule has 6 heteroatoms. The Morgan fingerprint density at radius 2 is 1.71 bits per heavy atom. The van der Waals surface area contributed by atoms with Gasteiger partial charge in [-0.25, -0.2) is 4.98 Å². The summed E-state index contributed by atoms with van der Waals surface area (Å²) in [5.74, 6) is 1.87. The van der Waals surface area contributed by atoms with Crippen molar-refractivity contribution in [3.8, 4) is 11.5 Å². The fourth-order valence-electron chi connectivity index (χ4n) is 2.63. The molecular weight excluding hydrogens is 368 g/mol. The van der Waals surface area contributed by atoms with Crippen LogP contribution in [0.4, 0.5) is 11.8 Å². The van der Waals surface area contributed by atoms with Crippen molar-refractivity contribution in [1.29, 1.82) is 0 Å². The van der Waals surface area contributed by atoms with E-state index >= 15 is 0 Å². The van der Waals surface area contributed by atoms with Crippen LogP contribution in [0.25, 0.3) is 21.7 Å². The van der Waals surface area contributed by atoms with E-state index in [1.165, 1.54) is 0 Å². The van der Waals surface area contributed by atoms with Crippen LogP contribution < -0.4 is 16.2 Å². The van der Waals surface area contributed by atoms with Crippen molar-refractivity contribution in [2.45, 2.75) is 0 Å². The van der Waals surface area contributed by atoms with Crippen molar-refractivity contribution < 1.29 is 4.74 Å². The average Bonchev–Trinajstić information content (AvgIpc) is 2.58. The van der Waals surface area contributed by atoms with E-state index in [0.717, 1.165) is 21.0 Å². The molecule has 4 N–H and O–H groups in total. The zero-order valence-electron chi connectivity index (χ0n) is 12.5. The van der Waals surface area contributed by atoms with Crippen molar-refractivity contribution in [2.24, 2.45) is 0 Å². The summed E-state index contributed by atoms with van der Waals surface area (Å²) in [6, 6.07) is 17.5. The van der Waals surface area contributed by atoms with Gasteiger partial charge in [-0.3, -0.25) is 0 Å². The molecule has 0 fully saturated rings. The van der Waals surface area contributed by atoms with E-state index in [0.29, 0.717) is 22.5 Å². The Balaban J connectivity index is 1.78. The maximum absolute atomic E-state index is 6.02. The molecule has 0 aliphatic heterocycles. The molecule has 0 atom stereocenters. The van der Waals surface area contributed by atoms with Gasteiger partial charge >= 0.3 is 0 Å². The number of nitrogens with two attached hydrogens (primary N) is 2. The van der Waals surface area contributed by atoms with Crippen LogP contribution >= 0.6 is 15.9 Å². The zero-order chi connectivity index (χ0) is 16.7. The topological polar surface area (TPSA) is 87.0 Å². The van der Waals surface area contributed by atoms with Gasteiger partial charge in [0.25, 0.3) is 0 Å². The van der Waals surface area contributed by atoms with E-state index in [4.69, 9.17) is 16.2 Å². The first-order valence-electron chi connectivity index (χ1n) is 7.30. The third kappa shape index (κ3) is 2.51. The van der Waals surface area contributed by atoms with Gasteiger partial charge in [-0.15, -0.1) is 0 Å². The lowest BCUT2D eigenvalue weighted by Crippen LogP contribution is -2.00. The van der Waals surface area contributed by atoms with Gasteiger partial charge in [0.1, 0.15) is 17.3 Å². The second-order valence-electron chi connectivity index (χ2n) is 5.35. The van der Waals surface area contributed by atoms with Crippen LogP contribution in [-0.2, 0) is 0 Å². The van der Waals surface area contributed by atoms with Crippen molar-refractivity contribution in [2.75, 3.05) is 11.5 Å². The highest BCUT2D eigenvalue weighted by atomic mass is 79.9. The number of halogens is 1. The van der Waals surface area contributed by atoms with Crippen LogP contribution in [-0.4, -0.2) is 9.97 Å². The van der Waals surface area contributed by atoms with Crippen LogP contribution in [0.5, 0.6) is 11.5 Å². The minimum atomic E-state index is 0.158. The molecule has 3 aromatic carbocycles. The number of fused-ring (bicyclic) bond motifs is 2. The molecule has 0 radical (unpaired) electrons. The second kappa shape index (κ2) is 5.65. The number of rotatable bonds is 2. The number of hydrogen-bond donors (Lipinski definition) is 2. The number of anilines is 2. The van der Waals surface area contributed by atoms with Gasteiger partial charge in [0, 0.05) is 5.39 Å². The summed E-state index contributed by atoms with van der Waals surface area (Å²) in [4.78, 5) is 8.15.